The van der Waals surface area contributed by atoms with Gasteiger partial charge in [0.2, 0.25) is 0 Å². The maximum absolute atomic E-state index is 13.1. The van der Waals surface area contributed by atoms with E-state index < -0.39 is 52.0 Å². The Morgan fingerprint density at radius 2 is 0.600 bits per heavy atom. The predicted molar refractivity (Wildman–Crippen MR) is 378 cm³/mol. The van der Waals surface area contributed by atoms with Crippen molar-refractivity contribution >= 4 is 106 Å². The molecule has 14 aromatic rings. The fourth-order valence-corrected chi connectivity index (χ4v) is 13.2. The summed E-state index contributed by atoms with van der Waals surface area (Å²) in [6, 6.07) is 97.0. The molecule has 2 N–H and O–H groups in total. The van der Waals surface area contributed by atoms with Crippen molar-refractivity contribution in [2.24, 2.45) is 0 Å². The number of benzene rings is 14. The second-order valence-corrected chi connectivity index (χ2v) is 25.8. The smallest absolute Gasteiger partial charge is 0.423 e. The predicted octanol–water partition coefficient (Wildman–Crippen LogP) is 20.7. The number of halogens is 6. The molecule has 0 amide bonds. The largest absolute Gasteiger partial charge is 0.534 e. The van der Waals surface area contributed by atoms with Crippen molar-refractivity contribution in [3.8, 4) is 61.4 Å². The van der Waals surface area contributed by atoms with Crippen LogP contribution in [0.5, 0.6) is 5.75 Å². The van der Waals surface area contributed by atoms with Crippen molar-refractivity contribution in [3.63, 3.8) is 0 Å². The minimum atomic E-state index is -5.83. The molecule has 14 aromatic carbocycles. The molecular formula is C77H60BF6O8PS2. The van der Waals surface area contributed by atoms with E-state index in [0.717, 1.165) is 43.8 Å². The van der Waals surface area contributed by atoms with E-state index >= 15 is 0 Å². The van der Waals surface area contributed by atoms with E-state index in [0.29, 0.717) is 10.8 Å². The van der Waals surface area contributed by atoms with Crippen LogP contribution in [0.1, 0.15) is 14.9 Å². The van der Waals surface area contributed by atoms with Gasteiger partial charge in [-0.2, -0.15) is 34.8 Å². The normalized spacial score (nSPS) is 11.5. The minimum Gasteiger partial charge on any atom is -0.423 e. The van der Waals surface area contributed by atoms with Crippen molar-refractivity contribution in [2.45, 2.75) is 25.9 Å². The van der Waals surface area contributed by atoms with Crippen molar-refractivity contribution in [3.05, 3.63) is 291 Å². The number of alkyl halides is 6. The summed E-state index contributed by atoms with van der Waals surface area (Å²) in [5, 5.41) is 29.7. The molecule has 0 aliphatic carbocycles. The third-order valence-corrected chi connectivity index (χ3v) is 19.0. The third-order valence-electron chi connectivity index (χ3n) is 15.6. The Morgan fingerprint density at radius 3 is 0.916 bits per heavy atom. The summed E-state index contributed by atoms with van der Waals surface area (Å²) in [4.78, 5) is 0. The van der Waals surface area contributed by atoms with E-state index in [9.17, 15) is 47.7 Å². The van der Waals surface area contributed by atoms with Gasteiger partial charge in [0, 0.05) is 5.39 Å². The van der Waals surface area contributed by atoms with E-state index in [1.807, 2.05) is 60.7 Å². The Kier molecular flexibility index (Phi) is 21.6. The van der Waals surface area contributed by atoms with Crippen molar-refractivity contribution in [1.29, 1.82) is 0 Å². The molecule has 0 radical (unpaired) electrons. The number of hydrogen-bond acceptors (Lipinski definition) is 8. The molecule has 478 valence electrons. The van der Waals surface area contributed by atoms with Gasteiger partial charge in [0.15, 0.2) is 14.2 Å². The van der Waals surface area contributed by atoms with E-state index in [1.165, 1.54) is 71.8 Å². The van der Waals surface area contributed by atoms with Gasteiger partial charge in [0.05, 0.1) is 0 Å². The van der Waals surface area contributed by atoms with Crippen molar-refractivity contribution < 1.29 is 62.0 Å². The Labute approximate surface area is 548 Å². The van der Waals surface area contributed by atoms with Gasteiger partial charge in [-0.05, 0) is 132 Å². The summed E-state index contributed by atoms with van der Waals surface area (Å²) < 4.78 is 131. The standard InChI is InChI=1S/C36H24.C31H19F3O3S.C6H7BO2.C2H2F3O3PS.2CH4/c1-3-13-25(14-4-1)27-23-24-34(29-18-8-7-17-28(27)29)36-32-21-11-9-19-30(32)35(26-15-5-2-6-16-26)31-20-10-12-22-33(31)36;32-31(33,34)38(35,36)37-28-19-18-27(21-12-4-5-13-22(21)28)30-25-16-8-6-14-23(25)29(20-10-2-1-3-11-20)24-15-7-9-17-26(24)30;8-7(9)6-4-2-1-3-5-6;3-2(4,5)10(7,8)1-9-6;;/h1-24H;1-19H;1-5,8-9H;1H2;2*1H4. The average Bonchev–Trinajstić information content (AvgIpc) is 0.735. The molecule has 0 saturated heterocycles. The lowest BCUT2D eigenvalue weighted by atomic mass is 9.81. The second-order valence-electron chi connectivity index (χ2n) is 21.2. The topological polar surface area (TPSA) is 135 Å². The Balaban J connectivity index is 0.000000173. The molecule has 0 aliphatic heterocycles. The second kappa shape index (κ2) is 29.5. The molecule has 0 heterocycles. The Bertz CT molecular complexity index is 5170. The van der Waals surface area contributed by atoms with Gasteiger partial charge in [-0.3, -0.25) is 4.57 Å². The van der Waals surface area contributed by atoms with Crippen LogP contribution < -0.4 is 9.65 Å². The Morgan fingerprint density at radius 1 is 0.326 bits per heavy atom. The minimum absolute atomic E-state index is 0. The van der Waals surface area contributed by atoms with Crippen LogP contribution in [0.4, 0.5) is 26.3 Å². The summed E-state index contributed by atoms with van der Waals surface area (Å²) in [7, 11) is -13.4. The zero-order valence-electron chi connectivity index (χ0n) is 48.9. The fraction of sp³-hybridized carbons (Fsp3) is 0.0649. The molecule has 0 aliphatic rings. The molecule has 0 aromatic heterocycles. The molecule has 0 unspecified atom stereocenters. The van der Waals surface area contributed by atoms with Gasteiger partial charge in [0.25, 0.3) is 9.84 Å². The number of rotatable bonds is 10. The lowest BCUT2D eigenvalue weighted by Gasteiger charge is -2.19. The summed E-state index contributed by atoms with van der Waals surface area (Å²) in [5.41, 5.74) is -0.255. The van der Waals surface area contributed by atoms with Crippen LogP contribution in [0.15, 0.2) is 291 Å². The van der Waals surface area contributed by atoms with Gasteiger partial charge >= 0.3 is 28.3 Å². The molecule has 8 nitrogen and oxygen atoms in total. The zero-order valence-corrected chi connectivity index (χ0v) is 51.4. The molecule has 0 spiro atoms. The lowest BCUT2D eigenvalue weighted by Crippen LogP contribution is -2.29. The van der Waals surface area contributed by atoms with Crippen molar-refractivity contribution in [1.82, 2.24) is 0 Å². The maximum atomic E-state index is 13.1. The highest BCUT2D eigenvalue weighted by molar-refractivity contribution is 7.95. The summed E-state index contributed by atoms with van der Waals surface area (Å²) in [6.07, 6.45) is 0. The third kappa shape index (κ3) is 14.6. The van der Waals surface area contributed by atoms with Crippen LogP contribution in [-0.2, 0) is 24.5 Å². The van der Waals surface area contributed by atoms with Crippen LogP contribution in [0.2, 0.25) is 0 Å². The quantitative estimate of drug-likeness (QED) is 0.0345. The lowest BCUT2D eigenvalue weighted by molar-refractivity contribution is -0.0500. The molecule has 0 bridgehead atoms. The summed E-state index contributed by atoms with van der Waals surface area (Å²) >= 11 is 0. The molecule has 18 heteroatoms. The van der Waals surface area contributed by atoms with Crippen LogP contribution in [0.25, 0.3) is 120 Å². The van der Waals surface area contributed by atoms with Crippen LogP contribution in [0.3, 0.4) is 0 Å². The first-order chi connectivity index (χ1) is 44.8. The van der Waals surface area contributed by atoms with E-state index in [2.05, 4.69) is 174 Å². The maximum Gasteiger partial charge on any atom is 0.534 e. The van der Waals surface area contributed by atoms with Crippen LogP contribution >= 0.6 is 8.46 Å². The van der Waals surface area contributed by atoms with Gasteiger partial charge in [0.1, 0.15) is 5.49 Å². The summed E-state index contributed by atoms with van der Waals surface area (Å²) in [6.45, 7) is 0. The molecule has 14 rings (SSSR count). The highest BCUT2D eigenvalue weighted by atomic mass is 32.2. The SMILES string of the molecule is C.C.O=PCS(=O)(=O)C(F)(F)F.O=S(=O)(Oc1ccc(-c2c3ccccc3c(-c3ccccc3)c3ccccc23)c2ccccc12)C(F)(F)F.OB(O)c1ccccc1.c1ccc(-c2ccc(-c3c4ccccc4c(-c4ccccc4)c4ccccc34)c3ccccc23)cc1. The highest BCUT2D eigenvalue weighted by Gasteiger charge is 2.49. The number of hydrogen-bond donors (Lipinski definition) is 2. The first-order valence-corrected chi connectivity index (χ1v) is 32.9. The molecule has 0 fully saturated rings. The van der Waals surface area contributed by atoms with Crippen molar-refractivity contribution in [2.75, 3.05) is 5.49 Å². The monoisotopic (exact) mass is 1330 g/mol. The number of sulfone groups is 1. The highest BCUT2D eigenvalue weighted by Crippen LogP contribution is 2.49. The van der Waals surface area contributed by atoms with Gasteiger partial charge in [-0.15, -0.1) is 0 Å². The first kappa shape index (κ1) is 69.3. The van der Waals surface area contributed by atoms with Crippen LogP contribution in [0, 0.1) is 0 Å². The van der Waals surface area contributed by atoms with Crippen LogP contribution in [-0.4, -0.2) is 50.5 Å². The Hall–Kier alpha value is -10.00. The molecular weight excluding hydrogens is 1270 g/mol. The van der Waals surface area contributed by atoms with Gasteiger partial charge < -0.3 is 14.2 Å². The molecule has 0 atom stereocenters. The van der Waals surface area contributed by atoms with Gasteiger partial charge in [-0.25, -0.2) is 8.42 Å². The fourth-order valence-electron chi connectivity index (χ4n) is 11.6. The molecule has 95 heavy (non-hydrogen) atoms. The molecule has 0 saturated carbocycles. The average molecular weight is 1330 g/mol. The van der Waals surface area contributed by atoms with E-state index in [1.54, 1.807) is 54.6 Å². The summed E-state index contributed by atoms with van der Waals surface area (Å²) in [5.74, 6) is -0.379. The van der Waals surface area contributed by atoms with E-state index in [4.69, 9.17) is 10.0 Å². The zero-order chi connectivity index (χ0) is 65.5. The first-order valence-electron chi connectivity index (χ1n) is 28.9. The van der Waals surface area contributed by atoms with Gasteiger partial charge in [-0.1, -0.05) is 294 Å². The number of fused-ring (bicyclic) bond motifs is 6. The van der Waals surface area contributed by atoms with E-state index in [-0.39, 0.29) is 26.0 Å².